The van der Waals surface area contributed by atoms with Gasteiger partial charge in [-0.25, -0.2) is 24.7 Å². The van der Waals surface area contributed by atoms with Crippen LogP contribution in [0.3, 0.4) is 0 Å². The van der Waals surface area contributed by atoms with Gasteiger partial charge >= 0.3 is 24.1 Å². The topological polar surface area (TPSA) is 214 Å². The second kappa shape index (κ2) is 14.0. The molecule has 0 atom stereocenters. The fourth-order valence-corrected chi connectivity index (χ4v) is 4.60. The number of nitrogens with zero attached hydrogens (tertiary/aromatic N) is 7. The summed E-state index contributed by atoms with van der Waals surface area (Å²) in [6, 6.07) is -0.100. The van der Waals surface area contributed by atoms with E-state index in [-0.39, 0.29) is 49.4 Å². The number of anilines is 1. The maximum absolute atomic E-state index is 13.2. The third-order valence-electron chi connectivity index (χ3n) is 6.96. The van der Waals surface area contributed by atoms with Crippen molar-refractivity contribution in [1.29, 1.82) is 0 Å². The van der Waals surface area contributed by atoms with E-state index in [0.717, 1.165) is 6.20 Å². The first kappa shape index (κ1) is 31.1. The lowest BCUT2D eigenvalue weighted by Gasteiger charge is -2.35. The Balaban J connectivity index is 1.26. The molecule has 17 nitrogen and oxygen atoms in total. The van der Waals surface area contributed by atoms with Crippen LogP contribution < -0.4 is 19.1 Å². The van der Waals surface area contributed by atoms with Gasteiger partial charge in [-0.2, -0.15) is 4.98 Å². The first-order valence-electron chi connectivity index (χ1n) is 13.8. The van der Waals surface area contributed by atoms with Crippen LogP contribution in [0.5, 0.6) is 17.9 Å². The van der Waals surface area contributed by atoms with E-state index in [0.29, 0.717) is 56.0 Å². The predicted molar refractivity (Wildman–Crippen MR) is 148 cm³/mol. The molecular formula is C27H33N7O10. The van der Waals surface area contributed by atoms with Crippen molar-refractivity contribution in [3.63, 3.8) is 0 Å². The molecule has 3 N–H and O–H groups in total. The van der Waals surface area contributed by atoms with Gasteiger partial charge in [0.25, 0.3) is 0 Å². The molecule has 236 valence electrons. The van der Waals surface area contributed by atoms with Crippen LogP contribution in [0.2, 0.25) is 0 Å². The zero-order valence-corrected chi connectivity index (χ0v) is 24.1. The number of hydrogen-bond acceptors (Lipinski definition) is 16. The number of hydrogen-bond donors (Lipinski definition) is 3. The maximum atomic E-state index is 13.2. The molecule has 1 aliphatic carbocycles. The highest BCUT2D eigenvalue weighted by molar-refractivity contribution is 5.87. The van der Waals surface area contributed by atoms with E-state index in [2.05, 4.69) is 29.9 Å². The first-order valence-corrected chi connectivity index (χ1v) is 13.8. The number of amides is 1. The van der Waals surface area contributed by atoms with Crippen molar-refractivity contribution in [1.82, 2.24) is 29.9 Å². The second-order valence-corrected chi connectivity index (χ2v) is 10.0. The molecule has 44 heavy (non-hydrogen) atoms. The number of ether oxygens (including phenoxy) is 6. The lowest BCUT2D eigenvalue weighted by Crippen LogP contribution is -2.45. The van der Waals surface area contributed by atoms with Crippen molar-refractivity contribution < 1.29 is 48.5 Å². The molecule has 0 radical (unpaired) electrons. The molecule has 1 aliphatic heterocycles. The SMILES string of the molecule is COCCOC(=O)N(c1cnc(-c2cnc(OC)nc2)cn1)C1CCC(Oc2ncc(C(O)(O)O)c(OC3COC3)n2)CC1. The minimum absolute atomic E-state index is 0.0588. The van der Waals surface area contributed by atoms with Crippen LogP contribution in [0, 0.1) is 0 Å². The molecular weight excluding hydrogens is 582 g/mol. The van der Waals surface area contributed by atoms with Gasteiger partial charge in [0.15, 0.2) is 5.82 Å². The van der Waals surface area contributed by atoms with Gasteiger partial charge in [0.2, 0.25) is 5.88 Å². The molecule has 2 aliphatic rings. The number of aliphatic hydroxyl groups is 3. The Kier molecular flexibility index (Phi) is 9.91. The smallest absolute Gasteiger partial charge is 0.415 e. The molecule has 0 unspecified atom stereocenters. The number of carbonyl (C=O) groups is 1. The van der Waals surface area contributed by atoms with Gasteiger partial charge < -0.3 is 43.7 Å². The van der Waals surface area contributed by atoms with Crippen molar-refractivity contribution in [3.05, 3.63) is 36.5 Å². The zero-order chi connectivity index (χ0) is 31.1. The molecule has 2 fully saturated rings. The maximum Gasteiger partial charge on any atom is 0.415 e. The van der Waals surface area contributed by atoms with Gasteiger partial charge in [-0.15, -0.1) is 0 Å². The summed E-state index contributed by atoms with van der Waals surface area (Å²) in [4.78, 5) is 40.0. The molecule has 0 bridgehead atoms. The van der Waals surface area contributed by atoms with Crippen LogP contribution in [0.15, 0.2) is 31.0 Å². The number of methoxy groups -OCH3 is 2. The van der Waals surface area contributed by atoms with Crippen LogP contribution in [-0.2, 0) is 20.2 Å². The zero-order valence-electron chi connectivity index (χ0n) is 24.1. The van der Waals surface area contributed by atoms with Gasteiger partial charge in [-0.3, -0.25) is 9.88 Å². The van der Waals surface area contributed by atoms with E-state index in [1.54, 1.807) is 12.4 Å². The summed E-state index contributed by atoms with van der Waals surface area (Å²) in [5.41, 5.74) is 0.722. The number of carbonyl (C=O) groups excluding carboxylic acids is 1. The summed E-state index contributed by atoms with van der Waals surface area (Å²) in [7, 11) is 2.99. The van der Waals surface area contributed by atoms with Crippen molar-refractivity contribution in [2.45, 2.75) is 49.9 Å². The molecule has 1 amide bonds. The second-order valence-electron chi connectivity index (χ2n) is 10.0. The highest BCUT2D eigenvalue weighted by atomic mass is 16.7. The lowest BCUT2D eigenvalue weighted by molar-refractivity contribution is -0.325. The normalized spacial score (nSPS) is 18.7. The molecule has 0 spiro atoms. The average Bonchev–Trinajstić information content (AvgIpc) is 3.00. The van der Waals surface area contributed by atoms with Crippen molar-refractivity contribution in [3.8, 4) is 29.2 Å². The molecule has 3 aromatic rings. The van der Waals surface area contributed by atoms with Gasteiger partial charge in [0, 0.05) is 37.3 Å². The Morgan fingerprint density at radius 1 is 0.886 bits per heavy atom. The van der Waals surface area contributed by atoms with Crippen LogP contribution in [0.1, 0.15) is 31.2 Å². The van der Waals surface area contributed by atoms with E-state index in [1.165, 1.54) is 31.5 Å². The van der Waals surface area contributed by atoms with Crippen LogP contribution in [0.4, 0.5) is 10.6 Å². The molecule has 3 aromatic heterocycles. The van der Waals surface area contributed by atoms with E-state index in [9.17, 15) is 20.1 Å². The monoisotopic (exact) mass is 615 g/mol. The summed E-state index contributed by atoms with van der Waals surface area (Å²) >= 11 is 0. The Bertz CT molecular complexity index is 1380. The highest BCUT2D eigenvalue weighted by Gasteiger charge is 2.35. The Morgan fingerprint density at radius 2 is 1.61 bits per heavy atom. The fourth-order valence-electron chi connectivity index (χ4n) is 4.60. The summed E-state index contributed by atoms with van der Waals surface area (Å²) < 4.78 is 32.1. The number of aromatic nitrogens is 6. The Morgan fingerprint density at radius 3 is 2.20 bits per heavy atom. The minimum Gasteiger partial charge on any atom is -0.469 e. The largest absolute Gasteiger partial charge is 0.469 e. The quantitative estimate of drug-likeness (QED) is 0.188. The molecule has 1 saturated heterocycles. The minimum atomic E-state index is -3.19. The van der Waals surface area contributed by atoms with E-state index >= 15 is 0 Å². The highest BCUT2D eigenvalue weighted by Crippen LogP contribution is 2.32. The third-order valence-corrected chi connectivity index (χ3v) is 6.96. The summed E-state index contributed by atoms with van der Waals surface area (Å²) in [5, 5.41) is 29.0. The summed E-state index contributed by atoms with van der Waals surface area (Å²) in [5.74, 6) is -3.10. The van der Waals surface area contributed by atoms with Crippen molar-refractivity contribution >= 4 is 11.9 Å². The van der Waals surface area contributed by atoms with Crippen molar-refractivity contribution in [2.75, 3.05) is 45.5 Å². The molecule has 17 heteroatoms. The Hall–Kier alpha value is -4.29. The average molecular weight is 616 g/mol. The molecule has 0 aromatic carbocycles. The van der Waals surface area contributed by atoms with Gasteiger partial charge in [0.05, 0.1) is 45.0 Å². The fraction of sp³-hybridized carbons (Fsp3) is 0.519. The molecule has 5 rings (SSSR count). The predicted octanol–water partition coefficient (Wildman–Crippen LogP) is 0.577. The van der Waals surface area contributed by atoms with Crippen LogP contribution in [-0.4, -0.2) is 110 Å². The van der Waals surface area contributed by atoms with Crippen LogP contribution in [0.25, 0.3) is 11.3 Å². The van der Waals surface area contributed by atoms with Gasteiger partial charge in [0.1, 0.15) is 24.4 Å². The van der Waals surface area contributed by atoms with E-state index in [1.807, 2.05) is 0 Å². The molecule has 4 heterocycles. The first-order chi connectivity index (χ1) is 21.2. The Labute approximate surface area is 251 Å². The standard InChI is InChI=1S/C27H33N7O10/c1-39-7-8-42-26(35)34(22-13-28-21(12-29-22)16-9-30-24(40-2)31-10-16)17-3-5-18(6-4-17)44-25-32-11-20(27(36,37)38)23(33-25)43-19-14-41-15-19/h9-13,17-19,36-38H,3-8,14-15H2,1-2H3. The summed E-state index contributed by atoms with van der Waals surface area (Å²) in [6.07, 6.45) is 8.06. The van der Waals surface area contributed by atoms with Gasteiger partial charge in [-0.05, 0) is 25.7 Å². The van der Waals surface area contributed by atoms with Crippen molar-refractivity contribution in [2.24, 2.45) is 0 Å². The number of rotatable bonds is 12. The van der Waals surface area contributed by atoms with Gasteiger partial charge in [-0.1, -0.05) is 0 Å². The third kappa shape index (κ3) is 7.61. The lowest BCUT2D eigenvalue weighted by atomic mass is 9.92. The summed E-state index contributed by atoms with van der Waals surface area (Å²) in [6.45, 7) is 0.906. The van der Waals surface area contributed by atoms with E-state index in [4.69, 9.17) is 28.4 Å². The van der Waals surface area contributed by atoms with E-state index < -0.39 is 17.6 Å². The van der Waals surface area contributed by atoms with Crippen LogP contribution >= 0.6 is 0 Å². The molecule has 1 saturated carbocycles.